The molecule has 27 heavy (non-hydrogen) atoms. The van der Waals surface area contributed by atoms with Crippen LogP contribution in [0.2, 0.25) is 0 Å². The van der Waals surface area contributed by atoms with Gasteiger partial charge in [0.05, 0.1) is 39.3 Å². The predicted molar refractivity (Wildman–Crippen MR) is 119 cm³/mol. The minimum atomic E-state index is 0.0241. The Labute approximate surface area is 170 Å². The molecular weight excluding hydrogens is 336 g/mol. The van der Waals surface area contributed by atoms with Crippen molar-refractivity contribution < 1.29 is 9.29 Å². The van der Waals surface area contributed by atoms with E-state index in [1.807, 2.05) is 0 Å². The summed E-state index contributed by atoms with van der Waals surface area (Å²) in [6.45, 7) is 13.4. The summed E-state index contributed by atoms with van der Waals surface area (Å²) in [6.07, 6.45) is 14.2. The molecule has 4 heteroatoms. The smallest absolute Gasteiger partial charge is 0.0783 e. The van der Waals surface area contributed by atoms with Crippen LogP contribution in [0.4, 0.5) is 0 Å². The Bertz CT molecular complexity index is 278. The van der Waals surface area contributed by atoms with E-state index >= 15 is 0 Å². The van der Waals surface area contributed by atoms with Crippen molar-refractivity contribution in [1.82, 2.24) is 0 Å². The molecule has 0 N–H and O–H groups in total. The van der Waals surface area contributed by atoms with Crippen LogP contribution in [-0.2, 0) is 0 Å². The van der Waals surface area contributed by atoms with Crippen LogP contribution in [0.5, 0.6) is 0 Å². The molecule has 0 aliphatic carbocycles. The van der Waals surface area contributed by atoms with Crippen LogP contribution in [0.25, 0.3) is 0 Å². The first-order valence-electron chi connectivity index (χ1n) is 12.1. The first-order chi connectivity index (χ1) is 12.9. The molecule has 164 valence electrons. The lowest BCUT2D eigenvalue weighted by Crippen LogP contribution is -2.44. The van der Waals surface area contributed by atoms with Crippen LogP contribution in [0.3, 0.4) is 0 Å². The molecule has 0 aromatic carbocycles. The monoisotopic (exact) mass is 386 g/mol. The van der Waals surface area contributed by atoms with Gasteiger partial charge in [-0.05, 0) is 51.4 Å². The van der Waals surface area contributed by atoms with Gasteiger partial charge in [0.2, 0.25) is 0 Å². The lowest BCUT2D eigenvalue weighted by molar-refractivity contribution is -0.881. The first-order valence-corrected chi connectivity index (χ1v) is 12.1. The van der Waals surface area contributed by atoms with Gasteiger partial charge >= 0.3 is 0 Å². The van der Waals surface area contributed by atoms with E-state index in [9.17, 15) is 10.4 Å². The minimum absolute atomic E-state index is 0.0241. The number of quaternary nitrogens is 2. The molecule has 0 aromatic heterocycles. The highest BCUT2D eigenvalue weighted by atomic mass is 16.5. The van der Waals surface area contributed by atoms with Crippen molar-refractivity contribution in [1.29, 1.82) is 0 Å². The molecule has 0 fully saturated rings. The summed E-state index contributed by atoms with van der Waals surface area (Å²) in [5, 5.41) is 25.9. The third kappa shape index (κ3) is 14.5. The Kier molecular flexibility index (Phi) is 16.7. The fraction of sp³-hybridized carbons (Fsp3) is 1.00. The zero-order chi connectivity index (χ0) is 20.4. The van der Waals surface area contributed by atoms with E-state index in [1.165, 1.54) is 6.42 Å². The molecule has 0 saturated carbocycles. The standard InChI is InChI=1S/C23H50N2O2/c1-5-9-18-24(26,19-10-6-2)22-16-14-13-15-17-23-25(27,20-11-7-3)21-12-8-4/h5-23H2,1-4H3. The molecular formula is C23H50N2O2. The molecule has 0 aliphatic heterocycles. The maximum Gasteiger partial charge on any atom is 0.0783 e. The van der Waals surface area contributed by atoms with Crippen molar-refractivity contribution in [2.75, 3.05) is 39.3 Å². The van der Waals surface area contributed by atoms with Crippen molar-refractivity contribution in [2.45, 2.75) is 111 Å². The zero-order valence-corrected chi connectivity index (χ0v) is 19.1. The van der Waals surface area contributed by atoms with E-state index in [2.05, 4.69) is 27.7 Å². The summed E-state index contributed by atoms with van der Waals surface area (Å²) in [4.78, 5) is 0. The maximum atomic E-state index is 12.9. The second-order valence-electron chi connectivity index (χ2n) is 8.64. The molecule has 0 unspecified atom stereocenters. The van der Waals surface area contributed by atoms with E-state index < -0.39 is 0 Å². The molecule has 0 aromatic rings. The van der Waals surface area contributed by atoms with Crippen molar-refractivity contribution in [3.63, 3.8) is 0 Å². The summed E-state index contributed by atoms with van der Waals surface area (Å²) in [7, 11) is 0. The molecule has 4 nitrogen and oxygen atoms in total. The molecule has 0 amide bonds. The number of rotatable bonds is 20. The molecule has 0 spiro atoms. The van der Waals surface area contributed by atoms with Crippen LogP contribution < -0.4 is 0 Å². The van der Waals surface area contributed by atoms with Gasteiger partial charge in [-0.2, -0.15) is 0 Å². The van der Waals surface area contributed by atoms with Crippen LogP contribution in [0.15, 0.2) is 0 Å². The number of hydrogen-bond donors (Lipinski definition) is 0. The lowest BCUT2D eigenvalue weighted by atomic mass is 10.1. The van der Waals surface area contributed by atoms with Crippen molar-refractivity contribution in [3.8, 4) is 0 Å². The Balaban J connectivity index is 4.03. The van der Waals surface area contributed by atoms with Gasteiger partial charge < -0.3 is 19.7 Å². The van der Waals surface area contributed by atoms with Crippen LogP contribution in [0, 0.1) is 10.4 Å². The molecule has 0 atom stereocenters. The number of unbranched alkanes of at least 4 members (excludes halogenated alkanes) is 8. The summed E-state index contributed by atoms with van der Waals surface area (Å²) in [6, 6.07) is 0. The largest absolute Gasteiger partial charge is 0.633 e. The summed E-state index contributed by atoms with van der Waals surface area (Å²) in [5.74, 6) is 0. The molecule has 0 aliphatic rings. The van der Waals surface area contributed by atoms with Crippen molar-refractivity contribution in [3.05, 3.63) is 10.4 Å². The predicted octanol–water partition coefficient (Wildman–Crippen LogP) is 6.77. The van der Waals surface area contributed by atoms with Crippen molar-refractivity contribution in [2.24, 2.45) is 0 Å². The zero-order valence-electron chi connectivity index (χ0n) is 19.1. The van der Waals surface area contributed by atoms with Gasteiger partial charge in [-0.15, -0.1) is 0 Å². The normalized spacial score (nSPS) is 12.7. The first kappa shape index (κ1) is 26.8. The van der Waals surface area contributed by atoms with E-state index in [-0.39, 0.29) is 9.29 Å². The molecule has 0 bridgehead atoms. The Morgan fingerprint density at radius 2 is 0.593 bits per heavy atom. The van der Waals surface area contributed by atoms with Gasteiger partial charge in [-0.3, -0.25) is 0 Å². The van der Waals surface area contributed by atoms with Gasteiger partial charge in [0.1, 0.15) is 0 Å². The SMILES string of the molecule is CCCC[N+]([O-])(CCCC)CCCCCCC[N+]([O-])(CCCC)CCCC. The van der Waals surface area contributed by atoms with Gasteiger partial charge in [0.25, 0.3) is 0 Å². The van der Waals surface area contributed by atoms with Crippen LogP contribution >= 0.6 is 0 Å². The molecule has 0 saturated heterocycles. The van der Waals surface area contributed by atoms with E-state index in [4.69, 9.17) is 0 Å². The van der Waals surface area contributed by atoms with Crippen LogP contribution in [-0.4, -0.2) is 48.6 Å². The Morgan fingerprint density at radius 1 is 0.370 bits per heavy atom. The van der Waals surface area contributed by atoms with E-state index in [1.54, 1.807) is 0 Å². The van der Waals surface area contributed by atoms with Gasteiger partial charge in [0, 0.05) is 0 Å². The summed E-state index contributed by atoms with van der Waals surface area (Å²) >= 11 is 0. The van der Waals surface area contributed by atoms with Gasteiger partial charge in [0.15, 0.2) is 0 Å². The molecule has 0 radical (unpaired) electrons. The third-order valence-corrected chi connectivity index (χ3v) is 5.81. The lowest BCUT2D eigenvalue weighted by Gasteiger charge is -2.43. The fourth-order valence-corrected chi connectivity index (χ4v) is 3.79. The van der Waals surface area contributed by atoms with Gasteiger partial charge in [-0.25, -0.2) is 0 Å². The van der Waals surface area contributed by atoms with E-state index in [0.717, 1.165) is 116 Å². The quantitative estimate of drug-likeness (QED) is 0.132. The minimum Gasteiger partial charge on any atom is -0.633 e. The van der Waals surface area contributed by atoms with Crippen molar-refractivity contribution >= 4 is 0 Å². The highest BCUT2D eigenvalue weighted by Gasteiger charge is 2.16. The topological polar surface area (TPSA) is 46.1 Å². The number of nitrogens with zero attached hydrogens (tertiary/aromatic N) is 2. The molecule has 0 rings (SSSR count). The Morgan fingerprint density at radius 3 is 0.852 bits per heavy atom. The second kappa shape index (κ2) is 16.8. The summed E-state index contributed by atoms with van der Waals surface area (Å²) in [5.41, 5.74) is 0. The molecule has 0 heterocycles. The number of hydroxylamine groups is 6. The maximum absolute atomic E-state index is 12.9. The highest BCUT2D eigenvalue weighted by molar-refractivity contribution is 4.52. The Hall–Kier alpha value is -0.160. The van der Waals surface area contributed by atoms with Crippen LogP contribution in [0.1, 0.15) is 111 Å². The van der Waals surface area contributed by atoms with Gasteiger partial charge in [-0.1, -0.05) is 59.8 Å². The third-order valence-electron chi connectivity index (χ3n) is 5.81. The average molecular weight is 387 g/mol. The summed E-state index contributed by atoms with van der Waals surface area (Å²) < 4.78 is 0.0482. The van der Waals surface area contributed by atoms with E-state index in [0.29, 0.717) is 0 Å². The fourth-order valence-electron chi connectivity index (χ4n) is 3.79. The second-order valence-corrected chi connectivity index (χ2v) is 8.64. The highest BCUT2D eigenvalue weighted by Crippen LogP contribution is 2.16. The number of hydrogen-bond acceptors (Lipinski definition) is 2. The average Bonchev–Trinajstić information content (AvgIpc) is 2.67.